The predicted octanol–water partition coefficient (Wildman–Crippen LogP) is 27.2. The summed E-state index contributed by atoms with van der Waals surface area (Å²) in [5.74, 6) is 1.60. The van der Waals surface area contributed by atoms with Gasteiger partial charge in [-0.1, -0.05) is 296 Å². The minimum absolute atomic E-state index is 0. The molecule has 0 amide bonds. The number of carbonyl (C=O) groups is 3. The number of hydrogen-bond acceptors (Lipinski definition) is 5. The highest BCUT2D eigenvalue weighted by Crippen LogP contribution is 2.31. The van der Waals surface area contributed by atoms with Gasteiger partial charge in [0.1, 0.15) is 11.6 Å². The molecule has 520 valence electrons. The van der Waals surface area contributed by atoms with E-state index in [4.69, 9.17) is 4.74 Å². The van der Waals surface area contributed by atoms with Crippen LogP contribution in [0, 0.1) is 71.9 Å². The molecule has 0 bridgehead atoms. The highest BCUT2D eigenvalue weighted by Gasteiger charge is 2.22. The fourth-order valence-corrected chi connectivity index (χ4v) is 7.06. The number of rotatable bonds is 20. The van der Waals surface area contributed by atoms with Crippen molar-refractivity contribution < 1.29 is 19.1 Å². The standard InChI is InChI=1S/C12H27N.2C12H24O.C12H26.C11H22O2.C10H22.C9H18.2CH4/c1-11(2,3)9-8-10-13(7)12(4,5)6;1-11(2,3)9-7-8-10(13)12(4,5)6;1-10(2)11(13)8-6-7-9-12(3,4)5;1-11(2,3)9-7-8-10-12(4,5)6;1-9(2)10(12)13-8-6-7-11(3,4)5;1-9(2,3)7-8-10(4,5)6;1-8(2)6-7-9(3,4)5;;/h8-10H2,1-7H3;7-9H2,1-6H3;10H,6-9H2,1-5H3;7-10H2,1-6H3;9H,6-8H2,1-5H3;7-8H2,1-6H3;6-8H,1-5H3;2*1H4. The molecule has 0 saturated heterocycles. The molecule has 85 heavy (non-hydrogen) atoms. The molecular weight excluding hydrogens is 1040 g/mol. The summed E-state index contributed by atoms with van der Waals surface area (Å²) in [5.41, 5.74) is 4.18. The lowest BCUT2D eigenvalue weighted by Gasteiger charge is -2.32. The van der Waals surface area contributed by atoms with Crippen molar-refractivity contribution >= 4 is 17.5 Å². The third-order valence-corrected chi connectivity index (χ3v) is 13.5. The maximum atomic E-state index is 11.6. The number of ether oxygens (including phenoxy) is 1. The van der Waals surface area contributed by atoms with Gasteiger partial charge in [0, 0.05) is 29.7 Å². The van der Waals surface area contributed by atoms with Crippen LogP contribution >= 0.6 is 0 Å². The van der Waals surface area contributed by atoms with Crippen LogP contribution in [0.2, 0.25) is 0 Å². The third-order valence-electron chi connectivity index (χ3n) is 13.5. The first-order chi connectivity index (χ1) is 36.2. The Labute approximate surface area is 542 Å². The quantitative estimate of drug-likeness (QED) is 0.0690. The first-order valence-corrected chi connectivity index (χ1v) is 33.9. The summed E-state index contributed by atoms with van der Waals surface area (Å²) >= 11 is 0. The second-order valence-corrected chi connectivity index (χ2v) is 38.6. The van der Waals surface area contributed by atoms with E-state index in [0.29, 0.717) is 78.4 Å². The van der Waals surface area contributed by atoms with Crippen LogP contribution in [0.4, 0.5) is 0 Å². The Balaban J connectivity index is -0.000000113. The summed E-state index contributed by atoms with van der Waals surface area (Å²) in [4.78, 5) is 36.3. The van der Waals surface area contributed by atoms with E-state index in [1.807, 2.05) is 48.5 Å². The van der Waals surface area contributed by atoms with Gasteiger partial charge in [-0.3, -0.25) is 14.4 Å². The molecule has 5 nitrogen and oxygen atoms in total. The fourth-order valence-electron chi connectivity index (χ4n) is 7.06. The normalized spacial score (nSPS) is 12.8. The van der Waals surface area contributed by atoms with E-state index in [9.17, 15) is 14.4 Å². The Morgan fingerprint density at radius 2 is 0.671 bits per heavy atom. The number of allylic oxidation sites excluding steroid dienone is 2. The molecule has 0 N–H and O–H groups in total. The van der Waals surface area contributed by atoms with Gasteiger partial charge in [0.2, 0.25) is 0 Å². The van der Waals surface area contributed by atoms with E-state index >= 15 is 0 Å². The second-order valence-electron chi connectivity index (χ2n) is 38.6. The van der Waals surface area contributed by atoms with Crippen LogP contribution in [0.25, 0.3) is 0 Å². The maximum Gasteiger partial charge on any atom is 0.308 e. The van der Waals surface area contributed by atoms with Gasteiger partial charge in [-0.15, -0.1) is 0 Å². The van der Waals surface area contributed by atoms with Crippen molar-refractivity contribution in [3.63, 3.8) is 0 Å². The number of nitrogens with zero attached hydrogens (tertiary/aromatic N) is 1. The molecule has 0 atom stereocenters. The summed E-state index contributed by atoms with van der Waals surface area (Å²) in [7, 11) is 2.21. The Morgan fingerprint density at radius 3 is 0.918 bits per heavy atom. The summed E-state index contributed by atoms with van der Waals surface area (Å²) in [6, 6.07) is 0. The van der Waals surface area contributed by atoms with Gasteiger partial charge in [0.15, 0.2) is 0 Å². The van der Waals surface area contributed by atoms with Crippen molar-refractivity contribution in [2.45, 2.75) is 400 Å². The average Bonchev–Trinajstić information content (AvgIpc) is 3.21. The Hall–Kier alpha value is -1.49. The van der Waals surface area contributed by atoms with Crippen molar-refractivity contribution in [2.75, 3.05) is 20.2 Å². The van der Waals surface area contributed by atoms with E-state index in [2.05, 4.69) is 246 Å². The lowest BCUT2D eigenvalue weighted by atomic mass is 9.81. The molecule has 0 aromatic carbocycles. The molecular formula is C80H171NO4. The molecule has 0 unspecified atom stereocenters. The molecule has 0 aromatic heterocycles. The van der Waals surface area contributed by atoms with E-state index in [0.717, 1.165) is 44.9 Å². The van der Waals surface area contributed by atoms with E-state index in [1.54, 1.807) is 0 Å². The van der Waals surface area contributed by atoms with Crippen molar-refractivity contribution in [1.82, 2.24) is 4.90 Å². The molecule has 0 saturated carbocycles. The number of esters is 1. The Bertz CT molecular complexity index is 1510. The first-order valence-electron chi connectivity index (χ1n) is 33.9. The molecule has 0 rings (SSSR count). The molecule has 0 heterocycles. The van der Waals surface area contributed by atoms with Crippen molar-refractivity contribution in [3.05, 3.63) is 12.2 Å². The van der Waals surface area contributed by atoms with Gasteiger partial charge in [-0.05, 0) is 166 Å². The second kappa shape index (κ2) is 47.4. The van der Waals surface area contributed by atoms with Crippen molar-refractivity contribution in [3.8, 4) is 0 Å². The molecule has 0 aromatic rings. The molecule has 0 fully saturated rings. The maximum absolute atomic E-state index is 11.6. The van der Waals surface area contributed by atoms with Crippen LogP contribution in [0.5, 0.6) is 0 Å². The smallest absolute Gasteiger partial charge is 0.308 e. The lowest BCUT2D eigenvalue weighted by molar-refractivity contribution is -0.147. The molecule has 0 aliphatic heterocycles. The van der Waals surface area contributed by atoms with Gasteiger partial charge < -0.3 is 9.64 Å². The van der Waals surface area contributed by atoms with Crippen LogP contribution in [-0.4, -0.2) is 48.2 Å². The Kier molecular flexibility index (Phi) is 57.1. The van der Waals surface area contributed by atoms with Gasteiger partial charge in [-0.2, -0.15) is 0 Å². The molecule has 0 spiro atoms. The van der Waals surface area contributed by atoms with Crippen LogP contribution in [0.1, 0.15) is 394 Å². The van der Waals surface area contributed by atoms with Crippen molar-refractivity contribution in [1.29, 1.82) is 0 Å². The molecule has 0 aliphatic carbocycles. The minimum atomic E-state index is -0.155. The highest BCUT2D eigenvalue weighted by atomic mass is 16.5. The fraction of sp³-hybridized carbons (Fsp3) is 0.938. The van der Waals surface area contributed by atoms with Gasteiger partial charge in [-0.25, -0.2) is 0 Å². The van der Waals surface area contributed by atoms with Crippen LogP contribution in [-0.2, 0) is 19.1 Å². The van der Waals surface area contributed by atoms with Gasteiger partial charge >= 0.3 is 5.97 Å². The Morgan fingerprint density at radius 1 is 0.376 bits per heavy atom. The first kappa shape index (κ1) is 102. The summed E-state index contributed by atoms with van der Waals surface area (Å²) < 4.78 is 5.06. The zero-order valence-corrected chi connectivity index (χ0v) is 65.4. The number of unbranched alkanes of at least 4 members (excludes halogenated alkanes) is 2. The number of Topliss-reactive ketones (excluding diaryl/α,β-unsaturated/α-hetero) is 2. The van der Waals surface area contributed by atoms with Crippen LogP contribution < -0.4 is 0 Å². The van der Waals surface area contributed by atoms with E-state index in [-0.39, 0.29) is 38.1 Å². The molecule has 5 heteroatoms. The van der Waals surface area contributed by atoms with Gasteiger partial charge in [0.05, 0.1) is 12.5 Å². The van der Waals surface area contributed by atoms with Crippen LogP contribution in [0.3, 0.4) is 0 Å². The number of hydrogen-bond donors (Lipinski definition) is 0. The zero-order valence-electron chi connectivity index (χ0n) is 65.4. The average molecular weight is 1210 g/mol. The number of ketones is 2. The molecule has 0 radical (unpaired) electrons. The topological polar surface area (TPSA) is 63.7 Å². The largest absolute Gasteiger partial charge is 0.465 e. The number of carbonyl (C=O) groups excluding carboxylic acids is 3. The molecule has 0 aliphatic rings. The van der Waals surface area contributed by atoms with Crippen LogP contribution in [0.15, 0.2) is 12.2 Å². The van der Waals surface area contributed by atoms with Crippen molar-refractivity contribution in [2.24, 2.45) is 71.9 Å². The monoisotopic (exact) mass is 1210 g/mol. The SMILES string of the molecule is C.C.CC(C)(C)CCC(C)(C)C.CC(C)(C)CCCC(=O)C(C)(C)C.CC(C)(C)CCCCC(C)(C)C.CC(C)C(=O)CCCCC(C)(C)C.CC(C)C(=O)OCCCC(C)(C)C.CC(C)C=CC(C)(C)C.CN(CCCC(C)(C)C)C(C)(C)C. The minimum Gasteiger partial charge on any atom is -0.465 e. The van der Waals surface area contributed by atoms with E-state index in [1.165, 1.54) is 70.8 Å². The summed E-state index contributed by atoms with van der Waals surface area (Å²) in [6.45, 7) is 87.9. The highest BCUT2D eigenvalue weighted by molar-refractivity contribution is 5.83. The predicted molar refractivity (Wildman–Crippen MR) is 394 cm³/mol. The van der Waals surface area contributed by atoms with E-state index < -0.39 is 0 Å². The zero-order chi connectivity index (χ0) is 68.1. The summed E-state index contributed by atoms with van der Waals surface area (Å²) in [6.07, 6.45) is 24.5. The van der Waals surface area contributed by atoms with Gasteiger partial charge in [0.25, 0.3) is 0 Å². The lowest BCUT2D eigenvalue weighted by Crippen LogP contribution is -2.38. The third kappa shape index (κ3) is 108. The summed E-state index contributed by atoms with van der Waals surface area (Å²) in [5, 5.41) is 0.